The highest BCUT2D eigenvalue weighted by molar-refractivity contribution is 5.06. The molecule has 0 saturated heterocycles. The Bertz CT molecular complexity index is 223. The molecule has 1 rings (SSSR count). The van der Waals surface area contributed by atoms with Crippen LogP contribution in [0.25, 0.3) is 0 Å². The minimum atomic E-state index is 0.397. The number of hydrogen-bond acceptors (Lipinski definition) is 2. The molecule has 1 aliphatic rings. The summed E-state index contributed by atoms with van der Waals surface area (Å²) in [4.78, 5) is 0. The van der Waals surface area contributed by atoms with Gasteiger partial charge in [-0.3, -0.25) is 0 Å². The van der Waals surface area contributed by atoms with Gasteiger partial charge in [-0.05, 0) is 44.6 Å². The van der Waals surface area contributed by atoms with Crippen LogP contribution in [0.2, 0.25) is 0 Å². The molecule has 0 aromatic rings. The molecule has 18 heavy (non-hydrogen) atoms. The molecular weight excluding hydrogens is 222 g/mol. The minimum absolute atomic E-state index is 0.397. The molecule has 2 nitrogen and oxygen atoms in total. The van der Waals surface area contributed by atoms with Gasteiger partial charge in [-0.15, -0.1) is 0 Å². The van der Waals surface area contributed by atoms with Gasteiger partial charge in [-0.2, -0.15) is 0 Å². The molecular formula is C16H33NO. The lowest BCUT2D eigenvalue weighted by molar-refractivity contribution is -0.141. The highest BCUT2D eigenvalue weighted by Crippen LogP contribution is 2.48. The Morgan fingerprint density at radius 1 is 1.22 bits per heavy atom. The van der Waals surface area contributed by atoms with E-state index in [-0.39, 0.29) is 0 Å². The Balaban J connectivity index is 2.37. The van der Waals surface area contributed by atoms with Gasteiger partial charge in [0.25, 0.3) is 0 Å². The fraction of sp³-hybridized carbons (Fsp3) is 1.00. The molecule has 2 heteroatoms. The van der Waals surface area contributed by atoms with Crippen molar-refractivity contribution in [3.8, 4) is 0 Å². The molecule has 1 aliphatic carbocycles. The van der Waals surface area contributed by atoms with Crippen LogP contribution in [-0.4, -0.2) is 25.3 Å². The van der Waals surface area contributed by atoms with E-state index in [0.717, 1.165) is 19.1 Å². The van der Waals surface area contributed by atoms with Crippen LogP contribution in [0.5, 0.6) is 0 Å². The molecule has 0 aromatic carbocycles. The largest absolute Gasteiger partial charge is 0.378 e. The summed E-state index contributed by atoms with van der Waals surface area (Å²) >= 11 is 0. The van der Waals surface area contributed by atoms with E-state index < -0.39 is 0 Å². The van der Waals surface area contributed by atoms with E-state index >= 15 is 0 Å². The molecule has 2 atom stereocenters. The van der Waals surface area contributed by atoms with Crippen LogP contribution in [0.4, 0.5) is 0 Å². The maximum Gasteiger partial charge on any atom is 0.0661 e. The Morgan fingerprint density at radius 3 is 2.39 bits per heavy atom. The Hall–Kier alpha value is -0.0800. The summed E-state index contributed by atoms with van der Waals surface area (Å²) in [5.74, 6) is 0.798. The third kappa shape index (κ3) is 3.48. The van der Waals surface area contributed by atoms with E-state index in [9.17, 15) is 0 Å². The van der Waals surface area contributed by atoms with Crippen molar-refractivity contribution in [2.45, 2.75) is 78.9 Å². The number of rotatable bonds is 9. The lowest BCUT2D eigenvalue weighted by Crippen LogP contribution is -2.63. The zero-order valence-corrected chi connectivity index (χ0v) is 13.1. The summed E-state index contributed by atoms with van der Waals surface area (Å²) in [6, 6.07) is 0.674. The molecule has 0 spiro atoms. The molecule has 0 radical (unpaired) electrons. The molecule has 2 unspecified atom stereocenters. The first-order valence-corrected chi connectivity index (χ1v) is 7.95. The number of hydrogen-bond donors (Lipinski definition) is 1. The van der Waals surface area contributed by atoms with Gasteiger partial charge in [0.2, 0.25) is 0 Å². The predicted octanol–water partition coefficient (Wildman–Crippen LogP) is 4.00. The average molecular weight is 255 g/mol. The Labute approximate surface area is 114 Å². The van der Waals surface area contributed by atoms with Crippen LogP contribution >= 0.6 is 0 Å². The fourth-order valence-electron chi connectivity index (χ4n) is 3.43. The monoisotopic (exact) mass is 255 g/mol. The molecule has 0 heterocycles. The lowest BCUT2D eigenvalue weighted by Gasteiger charge is -2.55. The van der Waals surface area contributed by atoms with Crippen molar-refractivity contribution in [3.63, 3.8) is 0 Å². The summed E-state index contributed by atoms with van der Waals surface area (Å²) in [6.07, 6.45) is 6.66. The standard InChI is InChI=1S/C16H33NO/c1-6-16(7-2)14(17-8-3)12-15(16)18-11-9-10-13(4)5/h13-15,17H,6-12H2,1-5H3. The van der Waals surface area contributed by atoms with Gasteiger partial charge >= 0.3 is 0 Å². The van der Waals surface area contributed by atoms with Gasteiger partial charge in [-0.25, -0.2) is 0 Å². The number of ether oxygens (including phenoxy) is 1. The van der Waals surface area contributed by atoms with Crippen molar-refractivity contribution < 1.29 is 4.74 Å². The van der Waals surface area contributed by atoms with E-state index in [4.69, 9.17) is 4.74 Å². The molecule has 0 aliphatic heterocycles. The second-order valence-electron chi connectivity index (χ2n) is 6.18. The van der Waals surface area contributed by atoms with Crippen molar-refractivity contribution in [2.24, 2.45) is 11.3 Å². The van der Waals surface area contributed by atoms with Crippen molar-refractivity contribution in [1.82, 2.24) is 5.32 Å². The van der Waals surface area contributed by atoms with Gasteiger partial charge in [0.05, 0.1) is 6.10 Å². The van der Waals surface area contributed by atoms with Crippen LogP contribution in [0.1, 0.15) is 66.7 Å². The first-order valence-electron chi connectivity index (χ1n) is 7.95. The maximum absolute atomic E-state index is 6.16. The van der Waals surface area contributed by atoms with Crippen molar-refractivity contribution in [3.05, 3.63) is 0 Å². The highest BCUT2D eigenvalue weighted by Gasteiger charge is 2.52. The van der Waals surface area contributed by atoms with E-state index in [1.54, 1.807) is 0 Å². The lowest BCUT2D eigenvalue weighted by atomic mass is 9.58. The van der Waals surface area contributed by atoms with Crippen LogP contribution in [0.15, 0.2) is 0 Å². The third-order valence-corrected chi connectivity index (χ3v) is 4.80. The van der Waals surface area contributed by atoms with Crippen LogP contribution < -0.4 is 5.32 Å². The Morgan fingerprint density at radius 2 is 1.89 bits per heavy atom. The summed E-state index contributed by atoms with van der Waals surface area (Å²) in [6.45, 7) is 13.4. The summed E-state index contributed by atoms with van der Waals surface area (Å²) in [5.41, 5.74) is 0.397. The van der Waals surface area contributed by atoms with E-state index in [1.165, 1.54) is 32.1 Å². The van der Waals surface area contributed by atoms with Crippen molar-refractivity contribution >= 4 is 0 Å². The van der Waals surface area contributed by atoms with Crippen molar-refractivity contribution in [2.75, 3.05) is 13.2 Å². The quantitative estimate of drug-likeness (QED) is 0.629. The molecule has 0 aromatic heterocycles. The van der Waals surface area contributed by atoms with E-state index in [2.05, 4.69) is 39.9 Å². The topological polar surface area (TPSA) is 21.3 Å². The summed E-state index contributed by atoms with van der Waals surface area (Å²) < 4.78 is 6.16. The zero-order chi connectivity index (χ0) is 13.6. The van der Waals surface area contributed by atoms with Gasteiger partial charge in [0, 0.05) is 18.1 Å². The molecule has 1 fully saturated rings. The zero-order valence-electron chi connectivity index (χ0n) is 13.1. The van der Waals surface area contributed by atoms with Gasteiger partial charge in [-0.1, -0.05) is 34.6 Å². The minimum Gasteiger partial charge on any atom is -0.378 e. The molecule has 0 bridgehead atoms. The van der Waals surface area contributed by atoms with Crippen LogP contribution in [0, 0.1) is 11.3 Å². The van der Waals surface area contributed by atoms with Crippen LogP contribution in [-0.2, 0) is 4.74 Å². The molecule has 1 saturated carbocycles. The second kappa shape index (κ2) is 7.49. The van der Waals surface area contributed by atoms with Gasteiger partial charge in [0.1, 0.15) is 0 Å². The predicted molar refractivity (Wildman–Crippen MR) is 78.9 cm³/mol. The highest BCUT2D eigenvalue weighted by atomic mass is 16.5. The molecule has 1 N–H and O–H groups in total. The SMILES string of the molecule is CCNC1CC(OCCCC(C)C)C1(CC)CC. The second-order valence-corrected chi connectivity index (χ2v) is 6.18. The third-order valence-electron chi connectivity index (χ3n) is 4.80. The number of nitrogens with one attached hydrogen (secondary N) is 1. The maximum atomic E-state index is 6.16. The van der Waals surface area contributed by atoms with E-state index in [1.807, 2.05) is 0 Å². The van der Waals surface area contributed by atoms with Gasteiger partial charge < -0.3 is 10.1 Å². The van der Waals surface area contributed by atoms with Crippen molar-refractivity contribution in [1.29, 1.82) is 0 Å². The summed E-state index contributed by atoms with van der Waals surface area (Å²) in [7, 11) is 0. The average Bonchev–Trinajstić information content (AvgIpc) is 2.33. The van der Waals surface area contributed by atoms with Gasteiger partial charge in [0.15, 0.2) is 0 Å². The normalized spacial score (nSPS) is 26.3. The Kier molecular flexibility index (Phi) is 6.65. The molecule has 108 valence electrons. The van der Waals surface area contributed by atoms with E-state index in [0.29, 0.717) is 17.6 Å². The smallest absolute Gasteiger partial charge is 0.0661 e. The molecule has 0 amide bonds. The van der Waals surface area contributed by atoms with Crippen LogP contribution in [0.3, 0.4) is 0 Å². The summed E-state index contributed by atoms with van der Waals surface area (Å²) in [5, 5.41) is 3.63. The first-order chi connectivity index (χ1) is 8.60. The first kappa shape index (κ1) is 16.0. The fourth-order valence-corrected chi connectivity index (χ4v) is 3.43.